The van der Waals surface area contributed by atoms with E-state index in [0.717, 1.165) is 23.5 Å². The molecule has 2 atom stereocenters. The standard InChI is InChI=1S/C17H23NO2S/c1-5-15(17-7-6-10-21-17)18-12(2)14-11-13(19-3)8-9-16(14)20-4/h6-12,15,18H,5H2,1-4H3. The molecule has 4 heteroatoms. The topological polar surface area (TPSA) is 30.5 Å². The number of ether oxygens (including phenoxy) is 2. The van der Waals surface area contributed by atoms with Crippen molar-refractivity contribution in [3.8, 4) is 11.5 Å². The van der Waals surface area contributed by atoms with Crippen molar-refractivity contribution in [1.82, 2.24) is 5.32 Å². The van der Waals surface area contributed by atoms with Crippen LogP contribution in [0, 0.1) is 0 Å². The third-order valence-corrected chi connectivity index (χ3v) is 4.64. The number of thiophene rings is 1. The molecule has 1 heterocycles. The van der Waals surface area contributed by atoms with Crippen molar-refractivity contribution in [2.75, 3.05) is 14.2 Å². The number of hydrogen-bond donors (Lipinski definition) is 1. The molecule has 21 heavy (non-hydrogen) atoms. The van der Waals surface area contributed by atoms with E-state index in [-0.39, 0.29) is 6.04 Å². The summed E-state index contributed by atoms with van der Waals surface area (Å²) in [7, 11) is 3.39. The van der Waals surface area contributed by atoms with E-state index in [1.165, 1.54) is 4.88 Å². The third kappa shape index (κ3) is 3.77. The highest BCUT2D eigenvalue weighted by Crippen LogP contribution is 2.32. The van der Waals surface area contributed by atoms with Crippen LogP contribution in [0.3, 0.4) is 0 Å². The molecule has 0 bridgehead atoms. The predicted molar refractivity (Wildman–Crippen MR) is 88.4 cm³/mol. The summed E-state index contributed by atoms with van der Waals surface area (Å²) in [4.78, 5) is 1.37. The lowest BCUT2D eigenvalue weighted by molar-refractivity contribution is 0.384. The van der Waals surface area contributed by atoms with Gasteiger partial charge in [0.05, 0.1) is 14.2 Å². The van der Waals surface area contributed by atoms with Crippen LogP contribution in [0.1, 0.15) is 42.8 Å². The average Bonchev–Trinajstić information content (AvgIpc) is 3.05. The van der Waals surface area contributed by atoms with Crippen molar-refractivity contribution in [1.29, 1.82) is 0 Å². The first-order valence-electron chi connectivity index (χ1n) is 7.21. The van der Waals surface area contributed by atoms with Crippen LogP contribution in [0.25, 0.3) is 0 Å². The SMILES string of the molecule is CCC(NC(C)c1cc(OC)ccc1OC)c1cccs1. The van der Waals surface area contributed by atoms with Gasteiger partial charge in [0.2, 0.25) is 0 Å². The van der Waals surface area contributed by atoms with Gasteiger partial charge in [0.1, 0.15) is 11.5 Å². The molecule has 1 N–H and O–H groups in total. The molecule has 1 aromatic heterocycles. The fourth-order valence-corrected chi connectivity index (χ4v) is 3.33. The number of nitrogens with one attached hydrogen (secondary N) is 1. The highest BCUT2D eigenvalue weighted by Gasteiger charge is 2.18. The Labute approximate surface area is 130 Å². The van der Waals surface area contributed by atoms with Crippen LogP contribution < -0.4 is 14.8 Å². The normalized spacial score (nSPS) is 13.7. The summed E-state index contributed by atoms with van der Waals surface area (Å²) in [5, 5.41) is 5.81. The zero-order valence-electron chi connectivity index (χ0n) is 13.1. The van der Waals surface area contributed by atoms with Gasteiger partial charge >= 0.3 is 0 Å². The summed E-state index contributed by atoms with van der Waals surface area (Å²) < 4.78 is 10.8. The molecular weight excluding hydrogens is 282 g/mol. The van der Waals surface area contributed by atoms with Crippen molar-refractivity contribution < 1.29 is 9.47 Å². The minimum Gasteiger partial charge on any atom is -0.497 e. The molecular formula is C17H23NO2S. The largest absolute Gasteiger partial charge is 0.497 e. The monoisotopic (exact) mass is 305 g/mol. The van der Waals surface area contributed by atoms with E-state index in [1.54, 1.807) is 25.6 Å². The zero-order valence-corrected chi connectivity index (χ0v) is 13.9. The van der Waals surface area contributed by atoms with Gasteiger partial charge in [0.25, 0.3) is 0 Å². The second-order valence-electron chi connectivity index (χ2n) is 4.97. The molecule has 2 rings (SSSR count). The van der Waals surface area contributed by atoms with Crippen molar-refractivity contribution in [2.24, 2.45) is 0 Å². The lowest BCUT2D eigenvalue weighted by Gasteiger charge is -2.23. The van der Waals surface area contributed by atoms with Gasteiger partial charge in [-0.2, -0.15) is 0 Å². The lowest BCUT2D eigenvalue weighted by Crippen LogP contribution is -2.24. The molecule has 0 aliphatic carbocycles. The van der Waals surface area contributed by atoms with Gasteiger partial charge in [-0.3, -0.25) is 0 Å². The Morgan fingerprint density at radius 3 is 2.57 bits per heavy atom. The first kappa shape index (κ1) is 15.9. The van der Waals surface area contributed by atoms with Crippen LogP contribution in [0.2, 0.25) is 0 Å². The molecule has 0 saturated carbocycles. The summed E-state index contributed by atoms with van der Waals surface area (Å²) in [6, 6.07) is 10.7. The van der Waals surface area contributed by atoms with Crippen LogP contribution in [0.15, 0.2) is 35.7 Å². The van der Waals surface area contributed by atoms with Gasteiger partial charge in [-0.15, -0.1) is 11.3 Å². The van der Waals surface area contributed by atoms with Crippen LogP contribution in [0.5, 0.6) is 11.5 Å². The summed E-state index contributed by atoms with van der Waals surface area (Å²) in [5.74, 6) is 1.74. The Morgan fingerprint density at radius 1 is 1.19 bits per heavy atom. The minimum absolute atomic E-state index is 0.182. The Bertz CT molecular complexity index is 554. The first-order valence-corrected chi connectivity index (χ1v) is 8.09. The molecule has 114 valence electrons. The van der Waals surface area contributed by atoms with Crippen molar-refractivity contribution in [3.05, 3.63) is 46.2 Å². The summed E-state index contributed by atoms with van der Waals surface area (Å²) in [5.41, 5.74) is 1.12. The van der Waals surface area contributed by atoms with E-state index < -0.39 is 0 Å². The summed E-state index contributed by atoms with van der Waals surface area (Å²) in [6.07, 6.45) is 1.05. The van der Waals surface area contributed by atoms with Gasteiger partial charge < -0.3 is 14.8 Å². The molecule has 0 amide bonds. The van der Waals surface area contributed by atoms with E-state index in [0.29, 0.717) is 6.04 Å². The van der Waals surface area contributed by atoms with Crippen molar-refractivity contribution >= 4 is 11.3 Å². The van der Waals surface area contributed by atoms with Crippen LogP contribution in [-0.2, 0) is 0 Å². The Kier molecular flexibility index (Phi) is 5.65. The van der Waals surface area contributed by atoms with E-state index in [9.17, 15) is 0 Å². The molecule has 0 saturated heterocycles. The Hall–Kier alpha value is -1.52. The Balaban J connectivity index is 2.20. The second kappa shape index (κ2) is 7.48. The molecule has 3 nitrogen and oxygen atoms in total. The number of methoxy groups -OCH3 is 2. The summed E-state index contributed by atoms with van der Waals surface area (Å²) in [6.45, 7) is 4.36. The molecule has 0 aliphatic rings. The number of rotatable bonds is 7. The molecule has 0 spiro atoms. The van der Waals surface area contributed by atoms with Gasteiger partial charge in [-0.05, 0) is 43.0 Å². The smallest absolute Gasteiger partial charge is 0.123 e. The van der Waals surface area contributed by atoms with Crippen molar-refractivity contribution in [2.45, 2.75) is 32.4 Å². The van der Waals surface area contributed by atoms with E-state index in [1.807, 2.05) is 18.2 Å². The minimum atomic E-state index is 0.182. The molecule has 2 aromatic rings. The maximum atomic E-state index is 5.48. The highest BCUT2D eigenvalue weighted by atomic mass is 32.1. The highest BCUT2D eigenvalue weighted by molar-refractivity contribution is 7.10. The fourth-order valence-electron chi connectivity index (χ4n) is 2.46. The molecule has 0 radical (unpaired) electrons. The van der Waals surface area contributed by atoms with Crippen LogP contribution in [-0.4, -0.2) is 14.2 Å². The van der Waals surface area contributed by atoms with Gasteiger partial charge in [-0.25, -0.2) is 0 Å². The van der Waals surface area contributed by atoms with Crippen LogP contribution >= 0.6 is 11.3 Å². The molecule has 1 aromatic carbocycles. The first-order chi connectivity index (χ1) is 10.2. The van der Waals surface area contributed by atoms with E-state index >= 15 is 0 Å². The van der Waals surface area contributed by atoms with Crippen molar-refractivity contribution in [3.63, 3.8) is 0 Å². The molecule has 2 unspecified atom stereocenters. The zero-order chi connectivity index (χ0) is 15.2. The average molecular weight is 305 g/mol. The van der Waals surface area contributed by atoms with Gasteiger partial charge in [0.15, 0.2) is 0 Å². The maximum absolute atomic E-state index is 5.48. The predicted octanol–water partition coefficient (Wildman–Crippen LogP) is 4.57. The van der Waals surface area contributed by atoms with Gasteiger partial charge in [-0.1, -0.05) is 13.0 Å². The third-order valence-electron chi connectivity index (χ3n) is 3.65. The van der Waals surface area contributed by atoms with E-state index in [4.69, 9.17) is 9.47 Å². The Morgan fingerprint density at radius 2 is 2.00 bits per heavy atom. The van der Waals surface area contributed by atoms with E-state index in [2.05, 4.69) is 36.7 Å². The van der Waals surface area contributed by atoms with Crippen LogP contribution in [0.4, 0.5) is 0 Å². The second-order valence-corrected chi connectivity index (χ2v) is 5.95. The maximum Gasteiger partial charge on any atom is 0.123 e. The molecule has 0 fully saturated rings. The number of benzene rings is 1. The number of hydrogen-bond acceptors (Lipinski definition) is 4. The van der Waals surface area contributed by atoms with Gasteiger partial charge in [0, 0.05) is 22.5 Å². The fraction of sp³-hybridized carbons (Fsp3) is 0.412. The summed E-state index contributed by atoms with van der Waals surface area (Å²) >= 11 is 1.79. The lowest BCUT2D eigenvalue weighted by atomic mass is 10.0. The quantitative estimate of drug-likeness (QED) is 0.813. The molecule has 0 aliphatic heterocycles.